The van der Waals surface area contributed by atoms with E-state index < -0.39 is 0 Å². The van der Waals surface area contributed by atoms with E-state index in [1.54, 1.807) is 0 Å². The van der Waals surface area contributed by atoms with Gasteiger partial charge in [0.15, 0.2) is 0 Å². The Morgan fingerprint density at radius 1 is 1.22 bits per heavy atom. The van der Waals surface area contributed by atoms with Crippen LogP contribution >= 0.6 is 0 Å². The summed E-state index contributed by atoms with van der Waals surface area (Å²) in [4.78, 5) is 4.80. The molecule has 2 fully saturated rings. The van der Waals surface area contributed by atoms with Crippen molar-refractivity contribution in [3.63, 3.8) is 0 Å². The summed E-state index contributed by atoms with van der Waals surface area (Å²) in [6.07, 6.45) is 2.41. The molecule has 1 saturated heterocycles. The lowest BCUT2D eigenvalue weighted by Gasteiger charge is -2.31. The molecule has 0 amide bonds. The molecule has 106 valence electrons. The summed E-state index contributed by atoms with van der Waals surface area (Å²) in [6, 6.07) is 0.742. The maximum atomic E-state index is 10.2. The number of rotatable bonds is 7. The molecule has 1 aliphatic carbocycles. The molecule has 1 unspecified atom stereocenters. The molecule has 2 rings (SSSR count). The van der Waals surface area contributed by atoms with Crippen molar-refractivity contribution in [1.82, 2.24) is 9.80 Å². The molecular weight excluding hydrogens is 228 g/mol. The van der Waals surface area contributed by atoms with Gasteiger partial charge in [-0.15, -0.1) is 0 Å². The van der Waals surface area contributed by atoms with E-state index >= 15 is 0 Å². The number of ether oxygens (including phenoxy) is 1. The normalized spacial score (nSPS) is 23.8. The van der Waals surface area contributed by atoms with Gasteiger partial charge in [0.2, 0.25) is 0 Å². The number of aliphatic hydroxyl groups excluding tert-OH is 1. The SMILES string of the molecule is CC(C)CN(CC(O)CN1CCOCC1)C1CC1. The Bertz CT molecular complexity index is 238. The third kappa shape index (κ3) is 4.84. The maximum Gasteiger partial charge on any atom is 0.0793 e. The minimum absolute atomic E-state index is 0.220. The molecule has 0 aromatic heterocycles. The molecule has 1 saturated carbocycles. The minimum Gasteiger partial charge on any atom is -0.390 e. The molecule has 1 heterocycles. The van der Waals surface area contributed by atoms with Crippen molar-refractivity contribution < 1.29 is 9.84 Å². The highest BCUT2D eigenvalue weighted by Gasteiger charge is 2.30. The first-order chi connectivity index (χ1) is 8.65. The number of nitrogens with zero attached hydrogens (tertiary/aromatic N) is 2. The summed E-state index contributed by atoms with van der Waals surface area (Å²) in [5, 5.41) is 10.2. The number of β-amino-alcohol motifs (C(OH)–C–C–N with tert-alkyl or cyclic N) is 1. The standard InChI is InChI=1S/C14H28N2O2/c1-12(2)9-16(13-3-4-13)11-14(17)10-15-5-7-18-8-6-15/h12-14,17H,3-11H2,1-2H3. The van der Waals surface area contributed by atoms with Gasteiger partial charge in [0.05, 0.1) is 19.3 Å². The van der Waals surface area contributed by atoms with Crippen molar-refractivity contribution in [1.29, 1.82) is 0 Å². The van der Waals surface area contributed by atoms with Gasteiger partial charge in [-0.05, 0) is 18.8 Å². The first-order valence-corrected chi connectivity index (χ1v) is 7.37. The summed E-state index contributed by atoms with van der Waals surface area (Å²) in [5.41, 5.74) is 0. The smallest absolute Gasteiger partial charge is 0.0793 e. The minimum atomic E-state index is -0.220. The average molecular weight is 256 g/mol. The highest BCUT2D eigenvalue weighted by molar-refractivity contribution is 4.86. The van der Waals surface area contributed by atoms with Crippen LogP contribution in [0.15, 0.2) is 0 Å². The van der Waals surface area contributed by atoms with Gasteiger partial charge in [-0.2, -0.15) is 0 Å². The lowest BCUT2D eigenvalue weighted by atomic mass is 10.2. The highest BCUT2D eigenvalue weighted by Crippen LogP contribution is 2.27. The molecule has 0 spiro atoms. The van der Waals surface area contributed by atoms with E-state index in [0.717, 1.165) is 52.0 Å². The molecule has 4 nitrogen and oxygen atoms in total. The molecule has 0 bridgehead atoms. The van der Waals surface area contributed by atoms with Gasteiger partial charge in [-0.25, -0.2) is 0 Å². The Balaban J connectivity index is 1.71. The predicted octanol–water partition coefficient (Wildman–Crippen LogP) is 0.800. The quantitative estimate of drug-likeness (QED) is 0.731. The monoisotopic (exact) mass is 256 g/mol. The van der Waals surface area contributed by atoms with Gasteiger partial charge >= 0.3 is 0 Å². The van der Waals surface area contributed by atoms with E-state index in [1.165, 1.54) is 12.8 Å². The highest BCUT2D eigenvalue weighted by atomic mass is 16.5. The van der Waals surface area contributed by atoms with Gasteiger partial charge in [0.25, 0.3) is 0 Å². The van der Waals surface area contributed by atoms with Crippen LogP contribution < -0.4 is 0 Å². The molecule has 2 aliphatic rings. The number of hydrogen-bond acceptors (Lipinski definition) is 4. The lowest BCUT2D eigenvalue weighted by molar-refractivity contribution is 0.00535. The molecule has 1 N–H and O–H groups in total. The topological polar surface area (TPSA) is 35.9 Å². The number of aliphatic hydroxyl groups is 1. The molecule has 1 atom stereocenters. The molecule has 1 aliphatic heterocycles. The van der Waals surface area contributed by atoms with Crippen LogP contribution in [0.25, 0.3) is 0 Å². The fourth-order valence-electron chi connectivity index (χ4n) is 2.69. The van der Waals surface area contributed by atoms with E-state index in [1.807, 2.05) is 0 Å². The molecule has 0 radical (unpaired) electrons. The van der Waals surface area contributed by atoms with Crippen molar-refractivity contribution >= 4 is 0 Å². The second-order valence-electron chi connectivity index (χ2n) is 6.15. The van der Waals surface area contributed by atoms with Crippen molar-refractivity contribution in [2.45, 2.75) is 38.8 Å². The Hall–Kier alpha value is -0.160. The van der Waals surface area contributed by atoms with Crippen LogP contribution in [-0.2, 0) is 4.74 Å². The fourth-order valence-corrected chi connectivity index (χ4v) is 2.69. The van der Waals surface area contributed by atoms with E-state index in [-0.39, 0.29) is 6.10 Å². The van der Waals surface area contributed by atoms with Crippen LogP contribution in [0.4, 0.5) is 0 Å². The van der Waals surface area contributed by atoms with Gasteiger partial charge < -0.3 is 9.84 Å². The largest absolute Gasteiger partial charge is 0.390 e. The summed E-state index contributed by atoms with van der Waals surface area (Å²) >= 11 is 0. The van der Waals surface area contributed by atoms with E-state index in [4.69, 9.17) is 4.74 Å². The first-order valence-electron chi connectivity index (χ1n) is 7.37. The third-order valence-corrected chi connectivity index (χ3v) is 3.68. The Labute approximate surface area is 111 Å². The Morgan fingerprint density at radius 3 is 2.44 bits per heavy atom. The van der Waals surface area contributed by atoms with Crippen molar-refractivity contribution in [2.24, 2.45) is 5.92 Å². The Morgan fingerprint density at radius 2 is 1.89 bits per heavy atom. The average Bonchev–Trinajstić information content (AvgIpc) is 3.12. The van der Waals surface area contributed by atoms with Gasteiger partial charge in [0.1, 0.15) is 0 Å². The van der Waals surface area contributed by atoms with Crippen molar-refractivity contribution in [3.8, 4) is 0 Å². The Kier molecular flexibility index (Phi) is 5.42. The second kappa shape index (κ2) is 6.85. The van der Waals surface area contributed by atoms with Gasteiger partial charge in [0, 0.05) is 38.8 Å². The summed E-state index contributed by atoms with van der Waals surface area (Å²) in [7, 11) is 0. The molecule has 0 aromatic rings. The van der Waals surface area contributed by atoms with E-state index in [0.29, 0.717) is 5.92 Å². The molecule has 0 aromatic carbocycles. The van der Waals surface area contributed by atoms with Crippen LogP contribution in [0.5, 0.6) is 0 Å². The van der Waals surface area contributed by atoms with Crippen LogP contribution in [0, 0.1) is 5.92 Å². The van der Waals surface area contributed by atoms with Crippen molar-refractivity contribution in [2.75, 3.05) is 45.9 Å². The number of hydrogen-bond donors (Lipinski definition) is 1. The molecule has 18 heavy (non-hydrogen) atoms. The summed E-state index contributed by atoms with van der Waals surface area (Å²) in [6.45, 7) is 10.8. The van der Waals surface area contributed by atoms with Crippen molar-refractivity contribution in [3.05, 3.63) is 0 Å². The number of morpholine rings is 1. The van der Waals surface area contributed by atoms with E-state index in [9.17, 15) is 5.11 Å². The second-order valence-corrected chi connectivity index (χ2v) is 6.15. The summed E-state index contributed by atoms with van der Waals surface area (Å²) < 4.78 is 5.33. The van der Waals surface area contributed by atoms with Crippen LogP contribution in [0.3, 0.4) is 0 Å². The zero-order valence-corrected chi connectivity index (χ0v) is 11.8. The summed E-state index contributed by atoms with van der Waals surface area (Å²) in [5.74, 6) is 0.682. The van der Waals surface area contributed by atoms with Crippen LogP contribution in [0.1, 0.15) is 26.7 Å². The molecule has 4 heteroatoms. The predicted molar refractivity (Wildman–Crippen MR) is 72.7 cm³/mol. The third-order valence-electron chi connectivity index (χ3n) is 3.68. The lowest BCUT2D eigenvalue weighted by Crippen LogP contribution is -2.45. The molecular formula is C14H28N2O2. The van der Waals surface area contributed by atoms with Gasteiger partial charge in [-0.3, -0.25) is 9.80 Å². The van der Waals surface area contributed by atoms with Crippen LogP contribution in [-0.4, -0.2) is 73.0 Å². The zero-order chi connectivity index (χ0) is 13.0. The van der Waals surface area contributed by atoms with Gasteiger partial charge in [-0.1, -0.05) is 13.8 Å². The zero-order valence-electron chi connectivity index (χ0n) is 11.8. The van der Waals surface area contributed by atoms with E-state index in [2.05, 4.69) is 23.6 Å². The van der Waals surface area contributed by atoms with Crippen LogP contribution in [0.2, 0.25) is 0 Å². The first kappa shape index (κ1) is 14.3. The fraction of sp³-hybridized carbons (Fsp3) is 1.00. The maximum absolute atomic E-state index is 10.2.